The van der Waals surface area contributed by atoms with Gasteiger partial charge in [-0.05, 0) is 61.8 Å². The fourth-order valence-corrected chi connectivity index (χ4v) is 10.4. The van der Waals surface area contributed by atoms with Crippen LogP contribution in [-0.2, 0) is 24.3 Å². The van der Waals surface area contributed by atoms with Crippen molar-refractivity contribution in [3.8, 4) is 22.5 Å². The van der Waals surface area contributed by atoms with Crippen LogP contribution in [0, 0.1) is 11.8 Å². The maximum absolute atomic E-state index is 14.7. The number of amides is 4. The second kappa shape index (κ2) is 17.2. The fourth-order valence-electron chi connectivity index (χ4n) is 8.91. The molecule has 6 aromatic rings. The first-order valence-corrected chi connectivity index (χ1v) is 22.6. The predicted molar refractivity (Wildman–Crippen MR) is 235 cm³/mol. The molecule has 4 atom stereocenters. The number of aromatic nitrogens is 5. The van der Waals surface area contributed by atoms with Crippen molar-refractivity contribution in [1.82, 2.24) is 44.3 Å². The van der Waals surface area contributed by atoms with E-state index in [-0.39, 0.29) is 34.6 Å². The van der Waals surface area contributed by atoms with E-state index in [1.54, 1.807) is 66.4 Å². The zero-order valence-corrected chi connectivity index (χ0v) is 36.5. The lowest BCUT2D eigenvalue weighted by molar-refractivity contribution is -0.136. The average molecular weight is 878 g/mol. The molecule has 3 aromatic heterocycles. The van der Waals surface area contributed by atoms with Gasteiger partial charge in [0.05, 0.1) is 58.9 Å². The van der Waals surface area contributed by atoms with Crippen molar-refractivity contribution in [2.75, 3.05) is 20.2 Å². The maximum Gasteiger partial charge on any atom is 0.407 e. The Kier molecular flexibility index (Phi) is 11.8. The van der Waals surface area contributed by atoms with Gasteiger partial charge >= 0.3 is 12.2 Å². The third kappa shape index (κ3) is 8.10. The van der Waals surface area contributed by atoms with Gasteiger partial charge in [-0.1, -0.05) is 70.2 Å². The number of fused-ring (bicyclic) bond motifs is 3. The van der Waals surface area contributed by atoms with E-state index in [1.165, 1.54) is 11.1 Å². The SMILES string of the molecule is COC(=O)N[C@H](C(=O)N1CCC[C@H]1c1ncc(-c2ccc3c4ccc(-c5cnc([C@@H]6CCCN6C(=O)[C@@H](NC(=O)O)C(C)C)[nH]5)cc4n(S(=O)(=O)c4ccccc4)c3c2)[nH]1)C(C)C. The summed E-state index contributed by atoms with van der Waals surface area (Å²) in [5.41, 5.74) is 3.51. The normalized spacial score (nSPS) is 17.8. The van der Waals surface area contributed by atoms with Gasteiger partial charge in [-0.2, -0.15) is 0 Å². The van der Waals surface area contributed by atoms with Gasteiger partial charge in [0.25, 0.3) is 10.0 Å². The van der Waals surface area contributed by atoms with E-state index < -0.39 is 40.3 Å². The fraction of sp³-hybridized carbons (Fsp3) is 0.378. The Bertz CT molecular complexity index is 2810. The number of methoxy groups -OCH3 is 1. The Hall–Kier alpha value is -6.69. The molecule has 0 radical (unpaired) electrons. The van der Waals surface area contributed by atoms with Gasteiger partial charge in [0, 0.05) is 35.0 Å². The first kappa shape index (κ1) is 43.0. The van der Waals surface area contributed by atoms with Gasteiger partial charge in [0.2, 0.25) is 11.8 Å². The van der Waals surface area contributed by atoms with Crippen molar-refractivity contribution in [2.45, 2.75) is 82.4 Å². The number of imidazole rings is 2. The number of likely N-dealkylation sites (tertiary alicyclic amines) is 2. The van der Waals surface area contributed by atoms with E-state index in [2.05, 4.69) is 25.6 Å². The van der Waals surface area contributed by atoms with Crippen LogP contribution in [-0.4, -0.2) is 104 Å². The summed E-state index contributed by atoms with van der Waals surface area (Å²) in [4.78, 5) is 70.7. The highest BCUT2D eigenvalue weighted by molar-refractivity contribution is 7.90. The summed E-state index contributed by atoms with van der Waals surface area (Å²) in [5, 5.41) is 15.9. The van der Waals surface area contributed by atoms with Crippen LogP contribution in [0.2, 0.25) is 0 Å². The van der Waals surface area contributed by atoms with Gasteiger partial charge in [-0.15, -0.1) is 0 Å². The summed E-state index contributed by atoms with van der Waals surface area (Å²) < 4.78 is 35.6. The summed E-state index contributed by atoms with van der Waals surface area (Å²) in [7, 11) is -2.90. The number of benzene rings is 3. The molecule has 4 amide bonds. The van der Waals surface area contributed by atoms with Crippen molar-refractivity contribution < 1.29 is 37.4 Å². The topological polar surface area (TPSA) is 225 Å². The highest BCUT2D eigenvalue weighted by atomic mass is 32.2. The zero-order chi connectivity index (χ0) is 44.7. The lowest BCUT2D eigenvalue weighted by atomic mass is 10.0. The molecular formula is C45H51N9O8S. The van der Waals surface area contributed by atoms with E-state index in [4.69, 9.17) is 9.72 Å². The third-order valence-electron chi connectivity index (χ3n) is 12.1. The van der Waals surface area contributed by atoms with Crippen molar-refractivity contribution in [3.05, 3.63) is 90.8 Å². The van der Waals surface area contributed by atoms with Crippen LogP contribution in [0.15, 0.2) is 84.0 Å². The van der Waals surface area contributed by atoms with Gasteiger partial charge in [-0.3, -0.25) is 9.59 Å². The molecule has 0 unspecified atom stereocenters. The molecule has 63 heavy (non-hydrogen) atoms. The number of hydrogen-bond donors (Lipinski definition) is 5. The molecule has 5 heterocycles. The number of hydrogen-bond acceptors (Lipinski definition) is 9. The monoisotopic (exact) mass is 877 g/mol. The largest absolute Gasteiger partial charge is 0.465 e. The van der Waals surface area contributed by atoms with Crippen LogP contribution in [0.25, 0.3) is 44.3 Å². The highest BCUT2D eigenvalue weighted by Crippen LogP contribution is 2.39. The van der Waals surface area contributed by atoms with Crippen LogP contribution in [0.1, 0.15) is 77.1 Å². The molecule has 2 saturated heterocycles. The Morgan fingerprint density at radius 1 is 0.730 bits per heavy atom. The number of carbonyl (C=O) groups is 4. The van der Waals surface area contributed by atoms with E-state index in [1.807, 2.05) is 50.2 Å². The molecule has 3 aromatic carbocycles. The molecule has 8 rings (SSSR count). The van der Waals surface area contributed by atoms with Crippen molar-refractivity contribution in [1.29, 1.82) is 0 Å². The first-order valence-electron chi connectivity index (χ1n) is 21.1. The molecule has 0 spiro atoms. The molecule has 330 valence electrons. The van der Waals surface area contributed by atoms with Crippen LogP contribution in [0.4, 0.5) is 9.59 Å². The van der Waals surface area contributed by atoms with Gasteiger partial charge in [0.1, 0.15) is 23.7 Å². The smallest absolute Gasteiger partial charge is 0.407 e. The summed E-state index contributed by atoms with van der Waals surface area (Å²) in [6.07, 6.45) is 4.20. The van der Waals surface area contributed by atoms with Crippen molar-refractivity contribution in [3.63, 3.8) is 0 Å². The first-order chi connectivity index (χ1) is 30.2. The number of rotatable bonds is 12. The van der Waals surface area contributed by atoms with E-state index >= 15 is 0 Å². The molecule has 18 heteroatoms. The Morgan fingerprint density at radius 2 is 1.21 bits per heavy atom. The minimum atomic E-state index is -4.16. The molecule has 0 saturated carbocycles. The summed E-state index contributed by atoms with van der Waals surface area (Å²) in [5.74, 6) is 0.160. The molecule has 2 aliphatic heterocycles. The molecule has 2 aliphatic rings. The van der Waals surface area contributed by atoms with Crippen LogP contribution >= 0.6 is 0 Å². The Balaban J connectivity index is 1.15. The minimum absolute atomic E-state index is 0.114. The molecule has 2 fully saturated rings. The number of alkyl carbamates (subject to hydrolysis) is 1. The van der Waals surface area contributed by atoms with E-state index in [0.717, 1.165) is 12.8 Å². The number of H-pyrrole nitrogens is 2. The molecule has 5 N–H and O–H groups in total. The third-order valence-corrected chi connectivity index (χ3v) is 13.9. The second-order valence-electron chi connectivity index (χ2n) is 16.8. The summed E-state index contributed by atoms with van der Waals surface area (Å²) in [6, 6.07) is 17.0. The van der Waals surface area contributed by atoms with Crippen molar-refractivity contribution in [2.24, 2.45) is 11.8 Å². The van der Waals surface area contributed by atoms with E-state index in [0.29, 0.717) is 81.9 Å². The summed E-state index contributed by atoms with van der Waals surface area (Å²) in [6.45, 7) is 8.27. The highest BCUT2D eigenvalue weighted by Gasteiger charge is 2.39. The predicted octanol–water partition coefficient (Wildman–Crippen LogP) is 6.81. The van der Waals surface area contributed by atoms with E-state index in [9.17, 15) is 32.7 Å². The number of ether oxygens (including phenoxy) is 1. The van der Waals surface area contributed by atoms with Crippen molar-refractivity contribution >= 4 is 55.8 Å². The summed E-state index contributed by atoms with van der Waals surface area (Å²) >= 11 is 0. The number of carboxylic acid groups (broad SMARTS) is 1. The number of nitrogens with zero attached hydrogens (tertiary/aromatic N) is 5. The number of nitrogens with one attached hydrogen (secondary N) is 4. The number of carbonyl (C=O) groups excluding carboxylic acids is 3. The quantitative estimate of drug-likeness (QED) is 0.0863. The molecule has 0 aliphatic carbocycles. The zero-order valence-electron chi connectivity index (χ0n) is 35.7. The Labute approximate surface area is 364 Å². The van der Waals surface area contributed by atoms with Crippen LogP contribution in [0.5, 0.6) is 0 Å². The minimum Gasteiger partial charge on any atom is -0.465 e. The maximum atomic E-state index is 14.7. The Morgan fingerprint density at radius 3 is 1.65 bits per heavy atom. The average Bonchev–Trinajstić information content (AvgIpc) is 4.12. The molecule has 0 bridgehead atoms. The van der Waals surface area contributed by atoms with Crippen LogP contribution < -0.4 is 10.6 Å². The standard InChI is InChI=1S/C45H51N9O8S/c1-25(2)38(50-44(57)58)42(55)52-19-9-13-34(52)40-46-23-32(48-40)27-15-17-30-31-18-16-28(22-37(31)54(36(30)21-27)63(60,61)29-11-7-6-8-12-29)33-24-47-41(49-33)35-14-10-20-53(35)43(56)39(26(3)4)51-45(59)62-5/h6-8,11-12,15-18,21-26,34-35,38-39,50H,9-10,13-14,19-20H2,1-5H3,(H,46,48)(H,47,49)(H,51,59)(H,57,58)/t34-,35-,38-,39-/m0/s1. The lowest BCUT2D eigenvalue weighted by Crippen LogP contribution is -2.51. The van der Waals surface area contributed by atoms with Gasteiger partial charge in [-0.25, -0.2) is 31.9 Å². The van der Waals surface area contributed by atoms with Gasteiger partial charge < -0.3 is 40.2 Å². The second-order valence-corrected chi connectivity index (χ2v) is 18.6. The number of aromatic amines is 2. The van der Waals surface area contributed by atoms with Gasteiger partial charge in [0.15, 0.2) is 0 Å². The van der Waals surface area contributed by atoms with Crippen LogP contribution in [0.3, 0.4) is 0 Å². The molecule has 17 nitrogen and oxygen atoms in total. The lowest BCUT2D eigenvalue weighted by Gasteiger charge is -2.30. The molecular weight excluding hydrogens is 827 g/mol.